The maximum Gasteiger partial charge on any atom is 0.233 e. The van der Waals surface area contributed by atoms with E-state index in [0.717, 1.165) is 44.3 Å². The van der Waals surface area contributed by atoms with Crippen molar-refractivity contribution < 1.29 is 19.2 Å². The number of benzene rings is 1. The Labute approximate surface area is 164 Å². The van der Waals surface area contributed by atoms with Gasteiger partial charge in [-0.1, -0.05) is 12.8 Å². The topological polar surface area (TPSA) is 86.8 Å². The van der Waals surface area contributed by atoms with Crippen LogP contribution in [0.4, 0.5) is 11.4 Å². The third-order valence-electron chi connectivity index (χ3n) is 6.03. The predicted molar refractivity (Wildman–Crippen MR) is 103 cm³/mol. The third kappa shape index (κ3) is 3.53. The highest BCUT2D eigenvalue weighted by Gasteiger charge is 2.47. The van der Waals surface area contributed by atoms with E-state index in [0.29, 0.717) is 12.1 Å². The number of anilines is 2. The first kappa shape index (κ1) is 18.7. The van der Waals surface area contributed by atoms with Gasteiger partial charge >= 0.3 is 0 Å². The number of imide groups is 1. The molecule has 7 nitrogen and oxygen atoms in total. The first-order valence-corrected chi connectivity index (χ1v) is 10.1. The SMILES string of the molecule is O=C(CCN1C(=O)[C@@H]2CCCC[C@H]2C1=O)Nc1ccc(N2CCCC2=O)cc1. The lowest BCUT2D eigenvalue weighted by Crippen LogP contribution is -2.34. The molecule has 1 aromatic rings. The van der Waals surface area contributed by atoms with Crippen molar-refractivity contribution in [2.24, 2.45) is 11.8 Å². The van der Waals surface area contributed by atoms with Crippen LogP contribution in [0.15, 0.2) is 24.3 Å². The highest BCUT2D eigenvalue weighted by atomic mass is 16.2. The molecule has 2 aliphatic heterocycles. The summed E-state index contributed by atoms with van der Waals surface area (Å²) in [5, 5.41) is 2.80. The van der Waals surface area contributed by atoms with Gasteiger partial charge < -0.3 is 10.2 Å². The second-order valence-electron chi connectivity index (χ2n) is 7.82. The fraction of sp³-hybridized carbons (Fsp3) is 0.524. The number of likely N-dealkylation sites (tertiary alicyclic amines) is 1. The molecule has 0 bridgehead atoms. The van der Waals surface area contributed by atoms with Gasteiger partial charge in [0.2, 0.25) is 23.6 Å². The summed E-state index contributed by atoms with van der Waals surface area (Å²) in [6.45, 7) is 0.862. The Kier molecular flexibility index (Phi) is 5.15. The molecular formula is C21H25N3O4. The summed E-state index contributed by atoms with van der Waals surface area (Å²) in [7, 11) is 0. The Hall–Kier alpha value is -2.70. The maximum absolute atomic E-state index is 12.5. The lowest BCUT2D eigenvalue weighted by Gasteiger charge is -2.19. The molecule has 2 saturated heterocycles. The molecule has 4 amide bonds. The van der Waals surface area contributed by atoms with Crippen molar-refractivity contribution in [3.05, 3.63) is 24.3 Å². The minimum atomic E-state index is -0.236. The molecule has 0 aromatic heterocycles. The van der Waals surface area contributed by atoms with Crippen LogP contribution in [-0.4, -0.2) is 41.6 Å². The summed E-state index contributed by atoms with van der Waals surface area (Å²) in [6.07, 6.45) is 5.08. The first-order valence-electron chi connectivity index (χ1n) is 10.1. The quantitative estimate of drug-likeness (QED) is 0.791. The zero-order valence-corrected chi connectivity index (χ0v) is 15.9. The van der Waals surface area contributed by atoms with Gasteiger partial charge in [-0.15, -0.1) is 0 Å². The van der Waals surface area contributed by atoms with Gasteiger partial charge in [0, 0.05) is 37.3 Å². The fourth-order valence-electron chi connectivity index (χ4n) is 4.53. The van der Waals surface area contributed by atoms with E-state index in [9.17, 15) is 19.2 Å². The third-order valence-corrected chi connectivity index (χ3v) is 6.03. The Balaban J connectivity index is 1.30. The lowest BCUT2D eigenvalue weighted by atomic mass is 9.81. The highest BCUT2D eigenvalue weighted by molar-refractivity contribution is 6.05. The van der Waals surface area contributed by atoms with Crippen LogP contribution in [0.2, 0.25) is 0 Å². The number of carbonyl (C=O) groups excluding carboxylic acids is 4. The average Bonchev–Trinajstić information content (AvgIpc) is 3.23. The van der Waals surface area contributed by atoms with Crippen molar-refractivity contribution in [1.29, 1.82) is 0 Å². The van der Waals surface area contributed by atoms with E-state index in [1.807, 2.05) is 12.1 Å². The van der Waals surface area contributed by atoms with Crippen LogP contribution in [0.1, 0.15) is 44.9 Å². The molecule has 2 heterocycles. The van der Waals surface area contributed by atoms with Crippen molar-refractivity contribution >= 4 is 35.0 Å². The summed E-state index contributed by atoms with van der Waals surface area (Å²) in [4.78, 5) is 52.0. The molecule has 0 spiro atoms. The zero-order valence-electron chi connectivity index (χ0n) is 15.9. The molecule has 7 heteroatoms. The molecular weight excluding hydrogens is 358 g/mol. The average molecular weight is 383 g/mol. The monoisotopic (exact) mass is 383 g/mol. The van der Waals surface area contributed by atoms with Crippen molar-refractivity contribution in [2.75, 3.05) is 23.3 Å². The van der Waals surface area contributed by atoms with Crippen LogP contribution in [0.5, 0.6) is 0 Å². The van der Waals surface area contributed by atoms with Gasteiger partial charge in [0.05, 0.1) is 11.8 Å². The van der Waals surface area contributed by atoms with Crippen molar-refractivity contribution in [1.82, 2.24) is 4.90 Å². The van der Waals surface area contributed by atoms with E-state index < -0.39 is 0 Å². The molecule has 0 unspecified atom stereocenters. The first-order chi connectivity index (χ1) is 13.5. The molecule has 4 rings (SSSR count). The molecule has 1 saturated carbocycles. The lowest BCUT2D eigenvalue weighted by molar-refractivity contribution is -0.140. The van der Waals surface area contributed by atoms with Gasteiger partial charge in [0.15, 0.2) is 0 Å². The fourth-order valence-corrected chi connectivity index (χ4v) is 4.53. The molecule has 3 fully saturated rings. The van der Waals surface area contributed by atoms with E-state index in [1.165, 1.54) is 4.90 Å². The summed E-state index contributed by atoms with van der Waals surface area (Å²) < 4.78 is 0. The normalized spacial score (nSPS) is 24.6. The number of carbonyl (C=O) groups is 4. The molecule has 148 valence electrons. The van der Waals surface area contributed by atoms with Crippen LogP contribution < -0.4 is 10.2 Å². The molecule has 3 aliphatic rings. The zero-order chi connectivity index (χ0) is 19.7. The van der Waals surface area contributed by atoms with Gasteiger partial charge in [-0.05, 0) is 43.5 Å². The Morgan fingerprint density at radius 1 is 0.964 bits per heavy atom. The van der Waals surface area contributed by atoms with Crippen molar-refractivity contribution in [3.8, 4) is 0 Å². The van der Waals surface area contributed by atoms with E-state index >= 15 is 0 Å². The number of nitrogens with zero attached hydrogens (tertiary/aromatic N) is 2. The predicted octanol–water partition coefficient (Wildman–Crippen LogP) is 2.32. The Morgan fingerprint density at radius 3 is 2.18 bits per heavy atom. The van der Waals surface area contributed by atoms with Crippen molar-refractivity contribution in [2.45, 2.75) is 44.9 Å². The molecule has 1 aromatic carbocycles. The second-order valence-corrected chi connectivity index (χ2v) is 7.82. The Morgan fingerprint density at radius 2 is 1.61 bits per heavy atom. The van der Waals surface area contributed by atoms with Crippen LogP contribution in [0.25, 0.3) is 0 Å². The van der Waals surface area contributed by atoms with Gasteiger partial charge in [0.25, 0.3) is 0 Å². The van der Waals surface area contributed by atoms with Crippen LogP contribution in [0, 0.1) is 11.8 Å². The van der Waals surface area contributed by atoms with E-state index in [-0.39, 0.29) is 48.4 Å². The number of amides is 4. The van der Waals surface area contributed by atoms with Crippen LogP contribution >= 0.6 is 0 Å². The van der Waals surface area contributed by atoms with E-state index in [1.54, 1.807) is 17.0 Å². The van der Waals surface area contributed by atoms with Crippen LogP contribution in [-0.2, 0) is 19.2 Å². The second kappa shape index (κ2) is 7.73. The number of nitrogens with one attached hydrogen (secondary N) is 1. The minimum Gasteiger partial charge on any atom is -0.326 e. The highest BCUT2D eigenvalue weighted by Crippen LogP contribution is 2.38. The van der Waals surface area contributed by atoms with Gasteiger partial charge in [-0.25, -0.2) is 0 Å². The summed E-state index contributed by atoms with van der Waals surface area (Å²) in [5.74, 6) is -0.683. The van der Waals surface area contributed by atoms with Crippen LogP contribution in [0.3, 0.4) is 0 Å². The minimum absolute atomic E-state index is 0.0866. The number of fused-ring (bicyclic) bond motifs is 1. The Bertz CT molecular complexity index is 780. The molecule has 1 aliphatic carbocycles. The summed E-state index contributed by atoms with van der Waals surface area (Å²) in [5.41, 5.74) is 1.46. The number of hydrogen-bond acceptors (Lipinski definition) is 4. The van der Waals surface area contributed by atoms with Crippen molar-refractivity contribution in [3.63, 3.8) is 0 Å². The van der Waals surface area contributed by atoms with E-state index in [4.69, 9.17) is 0 Å². The smallest absolute Gasteiger partial charge is 0.233 e. The summed E-state index contributed by atoms with van der Waals surface area (Å²) in [6, 6.07) is 7.16. The van der Waals surface area contributed by atoms with E-state index in [2.05, 4.69) is 5.32 Å². The molecule has 28 heavy (non-hydrogen) atoms. The number of rotatable bonds is 5. The number of hydrogen-bond donors (Lipinski definition) is 1. The van der Waals surface area contributed by atoms with Gasteiger partial charge in [-0.2, -0.15) is 0 Å². The maximum atomic E-state index is 12.5. The van der Waals surface area contributed by atoms with Gasteiger partial charge in [0.1, 0.15) is 0 Å². The largest absolute Gasteiger partial charge is 0.326 e. The van der Waals surface area contributed by atoms with Gasteiger partial charge in [-0.3, -0.25) is 24.1 Å². The molecule has 2 atom stereocenters. The molecule has 1 N–H and O–H groups in total. The summed E-state index contributed by atoms with van der Waals surface area (Å²) >= 11 is 0. The molecule has 0 radical (unpaired) electrons. The standard InChI is InChI=1S/C21H25N3O4/c25-18(11-13-24-20(27)16-4-1-2-5-17(16)21(24)28)22-14-7-9-15(10-8-14)23-12-3-6-19(23)26/h7-10,16-17H,1-6,11-13H2,(H,22,25)/t16-,17-/m1/s1.